The molecule has 4 heteroatoms. The molecule has 0 radical (unpaired) electrons. The Morgan fingerprint density at radius 2 is 2.06 bits per heavy atom. The molecule has 0 amide bonds. The van der Waals surface area contributed by atoms with Crippen molar-refractivity contribution >= 4 is 37.6 Å². The number of thiocarbonyl (C=S) groups is 1. The number of ether oxygens (including phenoxy) is 1. The zero-order valence-corrected chi connectivity index (χ0v) is 11.2. The van der Waals surface area contributed by atoms with E-state index in [2.05, 4.69) is 45.5 Å². The molecule has 0 spiro atoms. The Kier molecular flexibility index (Phi) is 3.70. The monoisotopic (exact) mass is 295 g/mol. The average Bonchev–Trinajstić information content (AvgIpc) is 2.78. The molecule has 2 rings (SSSR count). The van der Waals surface area contributed by atoms with Crippen LogP contribution in [0.5, 0.6) is 5.75 Å². The molecule has 0 aliphatic heterocycles. The maximum atomic E-state index is 5.12. The molecular formula is C12H9NOSSe. The van der Waals surface area contributed by atoms with Gasteiger partial charge < -0.3 is 0 Å². The Balaban J connectivity index is 2.31. The van der Waals surface area contributed by atoms with Gasteiger partial charge >= 0.3 is 105 Å². The molecule has 0 fully saturated rings. The number of nitrogens with zero attached hydrogens (tertiary/aromatic N) is 1. The van der Waals surface area contributed by atoms with Gasteiger partial charge in [-0.1, -0.05) is 0 Å². The summed E-state index contributed by atoms with van der Waals surface area (Å²) in [4.78, 5) is 6.08. The van der Waals surface area contributed by atoms with E-state index in [0.717, 1.165) is 11.4 Å². The van der Waals surface area contributed by atoms with Gasteiger partial charge in [-0.25, -0.2) is 0 Å². The Morgan fingerprint density at radius 3 is 2.69 bits per heavy atom. The summed E-state index contributed by atoms with van der Waals surface area (Å²) in [7, 11) is 1.67. The maximum absolute atomic E-state index is 5.12. The minimum atomic E-state index is 0.333. The molecule has 0 saturated heterocycles. The predicted octanol–water partition coefficient (Wildman–Crippen LogP) is 3.15. The SMILES string of the molecule is COc1ccc(-c2cc(N=C=S)c[se]2)cc1. The fourth-order valence-electron chi connectivity index (χ4n) is 1.34. The first-order valence-electron chi connectivity index (χ1n) is 4.64. The third kappa shape index (κ3) is 2.49. The van der Waals surface area contributed by atoms with Crippen LogP contribution >= 0.6 is 12.2 Å². The summed E-state index contributed by atoms with van der Waals surface area (Å²) < 4.78 is 6.43. The van der Waals surface area contributed by atoms with Crippen molar-refractivity contribution in [1.82, 2.24) is 0 Å². The van der Waals surface area contributed by atoms with Gasteiger partial charge in [0.05, 0.1) is 0 Å². The molecule has 0 N–H and O–H groups in total. The molecule has 2 nitrogen and oxygen atoms in total. The quantitative estimate of drug-likeness (QED) is 0.493. The van der Waals surface area contributed by atoms with Crippen molar-refractivity contribution in [3.05, 3.63) is 35.3 Å². The van der Waals surface area contributed by atoms with Crippen molar-refractivity contribution < 1.29 is 4.74 Å². The number of aliphatic imine (C=N–C) groups is 1. The number of hydrogen-bond acceptors (Lipinski definition) is 3. The summed E-state index contributed by atoms with van der Waals surface area (Å²) in [6, 6.07) is 10.1. The van der Waals surface area contributed by atoms with Gasteiger partial charge in [0.25, 0.3) is 0 Å². The van der Waals surface area contributed by atoms with Crippen LogP contribution in [0.4, 0.5) is 5.69 Å². The van der Waals surface area contributed by atoms with E-state index < -0.39 is 0 Å². The zero-order valence-electron chi connectivity index (χ0n) is 8.64. The molecule has 2 aromatic rings. The predicted molar refractivity (Wildman–Crippen MR) is 70.1 cm³/mol. The molecule has 1 aromatic carbocycles. The fraction of sp³-hybridized carbons (Fsp3) is 0.0833. The molecule has 0 atom stereocenters. The minimum absolute atomic E-state index is 0.333. The summed E-state index contributed by atoms with van der Waals surface area (Å²) in [5, 5.41) is 2.39. The molecule has 80 valence electrons. The third-order valence-corrected chi connectivity index (χ3v) is 4.25. The summed E-state index contributed by atoms with van der Waals surface area (Å²) >= 11 is 4.91. The molecule has 0 aliphatic rings. The number of rotatable bonds is 3. The van der Waals surface area contributed by atoms with Crippen LogP contribution in [-0.4, -0.2) is 26.8 Å². The fourth-order valence-corrected chi connectivity index (χ4v) is 3.19. The second-order valence-corrected chi connectivity index (χ2v) is 5.20. The van der Waals surface area contributed by atoms with Crippen molar-refractivity contribution in [2.75, 3.05) is 7.11 Å². The number of hydrogen-bond donors (Lipinski definition) is 0. The van der Waals surface area contributed by atoms with Gasteiger partial charge in [0.1, 0.15) is 0 Å². The van der Waals surface area contributed by atoms with Crippen LogP contribution in [0.1, 0.15) is 0 Å². The average molecular weight is 294 g/mol. The van der Waals surface area contributed by atoms with E-state index in [1.807, 2.05) is 12.1 Å². The standard InChI is InChI=1S/C12H9NOSSe/c1-14-11-4-2-9(3-5-11)12-6-10(7-16-12)13-8-15/h2-7H,1H3. The van der Waals surface area contributed by atoms with E-state index in [1.165, 1.54) is 10.0 Å². The Morgan fingerprint density at radius 1 is 1.31 bits per heavy atom. The Labute approximate surface area is 105 Å². The van der Waals surface area contributed by atoms with Gasteiger partial charge in [0.15, 0.2) is 0 Å². The second kappa shape index (κ2) is 5.24. The Bertz CT molecular complexity index is 526. The van der Waals surface area contributed by atoms with Crippen LogP contribution < -0.4 is 4.74 Å². The van der Waals surface area contributed by atoms with Crippen molar-refractivity contribution in [3.8, 4) is 15.8 Å². The van der Waals surface area contributed by atoms with Crippen LogP contribution in [-0.2, 0) is 0 Å². The number of methoxy groups -OCH3 is 1. The number of isothiocyanates is 1. The molecule has 0 unspecified atom stereocenters. The van der Waals surface area contributed by atoms with Gasteiger partial charge in [0.2, 0.25) is 0 Å². The van der Waals surface area contributed by atoms with E-state index in [4.69, 9.17) is 4.74 Å². The van der Waals surface area contributed by atoms with Crippen LogP contribution in [0.2, 0.25) is 0 Å². The van der Waals surface area contributed by atoms with Crippen LogP contribution in [0, 0.1) is 0 Å². The first kappa shape index (κ1) is 11.3. The van der Waals surface area contributed by atoms with E-state index >= 15 is 0 Å². The molecule has 1 aromatic heterocycles. The Hall–Kier alpha value is -1.18. The molecule has 0 aliphatic carbocycles. The second-order valence-electron chi connectivity index (χ2n) is 3.10. The van der Waals surface area contributed by atoms with E-state index in [1.54, 1.807) is 7.11 Å². The van der Waals surface area contributed by atoms with Crippen molar-refractivity contribution in [1.29, 1.82) is 0 Å². The van der Waals surface area contributed by atoms with Gasteiger partial charge in [-0.05, 0) is 0 Å². The van der Waals surface area contributed by atoms with Gasteiger partial charge in [-0.15, -0.1) is 0 Å². The van der Waals surface area contributed by atoms with E-state index in [9.17, 15) is 0 Å². The van der Waals surface area contributed by atoms with E-state index in [-0.39, 0.29) is 0 Å². The summed E-state index contributed by atoms with van der Waals surface area (Å²) in [5.41, 5.74) is 2.13. The molecule has 0 saturated carbocycles. The first-order valence-corrected chi connectivity index (χ1v) is 6.89. The summed E-state index contributed by atoms with van der Waals surface area (Å²) in [6.07, 6.45) is 0. The van der Waals surface area contributed by atoms with Crippen LogP contribution in [0.15, 0.2) is 40.3 Å². The third-order valence-electron chi connectivity index (χ3n) is 2.13. The normalized spacial score (nSPS) is 9.56. The molecular weight excluding hydrogens is 285 g/mol. The molecule has 16 heavy (non-hydrogen) atoms. The van der Waals surface area contributed by atoms with Gasteiger partial charge in [-0.3, -0.25) is 0 Å². The van der Waals surface area contributed by atoms with E-state index in [0.29, 0.717) is 14.5 Å². The van der Waals surface area contributed by atoms with Crippen LogP contribution in [0.25, 0.3) is 10.0 Å². The van der Waals surface area contributed by atoms with Gasteiger partial charge in [0, 0.05) is 0 Å². The van der Waals surface area contributed by atoms with Gasteiger partial charge in [-0.2, -0.15) is 0 Å². The van der Waals surface area contributed by atoms with Crippen LogP contribution in [0.3, 0.4) is 0 Å². The summed E-state index contributed by atoms with van der Waals surface area (Å²) in [5.74, 6) is 0.875. The first-order chi connectivity index (χ1) is 7.83. The zero-order chi connectivity index (χ0) is 11.4. The van der Waals surface area contributed by atoms with Crippen molar-refractivity contribution in [3.63, 3.8) is 0 Å². The number of benzene rings is 1. The van der Waals surface area contributed by atoms with Crippen molar-refractivity contribution in [2.24, 2.45) is 4.99 Å². The topological polar surface area (TPSA) is 21.6 Å². The molecule has 0 bridgehead atoms. The summed E-state index contributed by atoms with van der Waals surface area (Å²) in [6.45, 7) is 0. The molecule has 1 heterocycles. The van der Waals surface area contributed by atoms with Crippen molar-refractivity contribution in [2.45, 2.75) is 0 Å².